The van der Waals surface area contributed by atoms with E-state index in [0.717, 1.165) is 46.4 Å². The van der Waals surface area contributed by atoms with Crippen molar-refractivity contribution in [3.05, 3.63) is 64.1 Å². The SMILES string of the molecule is CCOc1ccc(C23CC4CC(CC(C4)C2)C3)cc1/C=C1/SC(=O)N(CC(=O)Nc2ccc(CC)cc2)C1=O. The molecule has 3 amide bonds. The molecule has 4 aliphatic carbocycles. The van der Waals surface area contributed by atoms with E-state index in [2.05, 4.69) is 24.4 Å². The van der Waals surface area contributed by atoms with Crippen molar-refractivity contribution in [3.8, 4) is 5.75 Å². The van der Waals surface area contributed by atoms with Crippen LogP contribution in [0.1, 0.15) is 69.1 Å². The minimum Gasteiger partial charge on any atom is -0.493 e. The molecule has 7 rings (SSSR count). The summed E-state index contributed by atoms with van der Waals surface area (Å²) in [6, 6.07) is 14.0. The number of benzene rings is 2. The molecule has 0 unspecified atom stereocenters. The molecule has 1 heterocycles. The predicted octanol–water partition coefficient (Wildman–Crippen LogP) is 6.79. The molecule has 1 saturated heterocycles. The first-order valence-corrected chi connectivity index (χ1v) is 15.1. The van der Waals surface area contributed by atoms with Gasteiger partial charge in [0, 0.05) is 11.3 Å². The summed E-state index contributed by atoms with van der Waals surface area (Å²) < 4.78 is 5.93. The van der Waals surface area contributed by atoms with E-state index in [-0.39, 0.29) is 12.0 Å². The maximum Gasteiger partial charge on any atom is 0.294 e. The second-order valence-corrected chi connectivity index (χ2v) is 12.7. The van der Waals surface area contributed by atoms with Crippen LogP contribution >= 0.6 is 11.8 Å². The van der Waals surface area contributed by atoms with Gasteiger partial charge in [0.2, 0.25) is 5.91 Å². The number of ether oxygens (including phenoxy) is 1. The molecule has 39 heavy (non-hydrogen) atoms. The maximum atomic E-state index is 13.3. The zero-order chi connectivity index (χ0) is 27.1. The summed E-state index contributed by atoms with van der Waals surface area (Å²) in [4.78, 5) is 40.1. The Bertz CT molecular complexity index is 1300. The quantitative estimate of drug-likeness (QED) is 0.370. The number of carbonyl (C=O) groups excluding carboxylic acids is 3. The van der Waals surface area contributed by atoms with Crippen molar-refractivity contribution in [2.45, 2.75) is 64.2 Å². The summed E-state index contributed by atoms with van der Waals surface area (Å²) in [5.41, 5.74) is 4.19. The fourth-order valence-electron chi connectivity index (χ4n) is 7.69. The molecule has 4 bridgehead atoms. The molecule has 0 aromatic heterocycles. The Labute approximate surface area is 234 Å². The number of nitrogens with zero attached hydrogens (tertiary/aromatic N) is 1. The van der Waals surface area contributed by atoms with Crippen LogP contribution in [0.3, 0.4) is 0 Å². The van der Waals surface area contributed by atoms with E-state index in [4.69, 9.17) is 4.74 Å². The van der Waals surface area contributed by atoms with Gasteiger partial charge >= 0.3 is 0 Å². The van der Waals surface area contributed by atoms with Crippen LogP contribution < -0.4 is 10.1 Å². The molecule has 6 nitrogen and oxygen atoms in total. The van der Waals surface area contributed by atoms with E-state index < -0.39 is 17.1 Å². The molecule has 2 aromatic carbocycles. The number of imide groups is 1. The van der Waals surface area contributed by atoms with Crippen molar-refractivity contribution >= 4 is 40.6 Å². The van der Waals surface area contributed by atoms with Gasteiger partial charge in [-0.15, -0.1) is 0 Å². The highest BCUT2D eigenvalue weighted by atomic mass is 32.2. The molecule has 2 aromatic rings. The predicted molar refractivity (Wildman–Crippen MR) is 155 cm³/mol. The minimum absolute atomic E-state index is 0.217. The van der Waals surface area contributed by atoms with Crippen LogP contribution in [0.2, 0.25) is 0 Å². The third-order valence-electron chi connectivity index (χ3n) is 9.07. The average molecular weight is 545 g/mol. The topological polar surface area (TPSA) is 75.7 Å². The highest BCUT2D eigenvalue weighted by Gasteiger charge is 2.51. The molecular weight excluding hydrogens is 508 g/mol. The summed E-state index contributed by atoms with van der Waals surface area (Å²) in [5.74, 6) is 2.37. The van der Waals surface area contributed by atoms with Gasteiger partial charge in [-0.05, 0) is 128 Å². The van der Waals surface area contributed by atoms with Crippen molar-refractivity contribution in [2.75, 3.05) is 18.5 Å². The second kappa shape index (κ2) is 10.5. The Morgan fingerprint density at radius 3 is 2.31 bits per heavy atom. The number of thioether (sulfide) groups is 1. The number of aryl methyl sites for hydroxylation is 1. The highest BCUT2D eigenvalue weighted by molar-refractivity contribution is 8.18. The van der Waals surface area contributed by atoms with E-state index >= 15 is 0 Å². The van der Waals surface area contributed by atoms with Crippen LogP contribution in [0.4, 0.5) is 10.5 Å². The number of amides is 3. The van der Waals surface area contributed by atoms with Gasteiger partial charge in [-0.3, -0.25) is 19.3 Å². The first-order chi connectivity index (χ1) is 18.9. The molecule has 204 valence electrons. The van der Waals surface area contributed by atoms with Crippen molar-refractivity contribution in [1.82, 2.24) is 4.90 Å². The van der Waals surface area contributed by atoms with Gasteiger partial charge in [0.15, 0.2) is 0 Å². The van der Waals surface area contributed by atoms with Crippen molar-refractivity contribution in [1.29, 1.82) is 0 Å². The normalized spacial score (nSPS) is 28.4. The molecule has 7 heteroatoms. The number of rotatable bonds is 8. The molecule has 0 atom stereocenters. The van der Waals surface area contributed by atoms with Gasteiger partial charge in [-0.1, -0.05) is 25.1 Å². The molecule has 5 aliphatic rings. The zero-order valence-electron chi connectivity index (χ0n) is 22.7. The fraction of sp³-hybridized carbons (Fsp3) is 0.469. The van der Waals surface area contributed by atoms with Crippen LogP contribution in [0, 0.1) is 17.8 Å². The van der Waals surface area contributed by atoms with Gasteiger partial charge in [0.05, 0.1) is 11.5 Å². The maximum absolute atomic E-state index is 13.3. The molecule has 5 fully saturated rings. The highest BCUT2D eigenvalue weighted by Crippen LogP contribution is 2.61. The minimum atomic E-state index is -0.441. The van der Waals surface area contributed by atoms with Crippen molar-refractivity contribution in [2.24, 2.45) is 17.8 Å². The van der Waals surface area contributed by atoms with E-state index in [1.165, 1.54) is 49.7 Å². The zero-order valence-corrected chi connectivity index (χ0v) is 23.5. The first-order valence-electron chi connectivity index (χ1n) is 14.3. The van der Waals surface area contributed by atoms with Crippen molar-refractivity contribution in [3.63, 3.8) is 0 Å². The molecule has 0 spiro atoms. The lowest BCUT2D eigenvalue weighted by Crippen LogP contribution is -2.48. The third-order valence-corrected chi connectivity index (χ3v) is 9.98. The average Bonchev–Trinajstić information content (AvgIpc) is 3.16. The van der Waals surface area contributed by atoms with Gasteiger partial charge in [0.1, 0.15) is 12.3 Å². The van der Waals surface area contributed by atoms with Gasteiger partial charge in [-0.25, -0.2) is 0 Å². The van der Waals surface area contributed by atoms with E-state index in [0.29, 0.717) is 22.9 Å². The molecule has 1 aliphatic heterocycles. The smallest absolute Gasteiger partial charge is 0.294 e. The van der Waals surface area contributed by atoms with E-state index in [1.54, 1.807) is 6.08 Å². The summed E-state index contributed by atoms with van der Waals surface area (Å²) in [6.45, 7) is 4.21. The lowest BCUT2D eigenvalue weighted by Gasteiger charge is -2.57. The summed E-state index contributed by atoms with van der Waals surface area (Å²) in [5, 5.41) is 2.36. The van der Waals surface area contributed by atoms with Crippen LogP contribution in [-0.4, -0.2) is 35.1 Å². The summed E-state index contributed by atoms with van der Waals surface area (Å²) >= 11 is 0.885. The monoisotopic (exact) mass is 544 g/mol. The molecule has 1 N–H and O–H groups in total. The van der Waals surface area contributed by atoms with Crippen molar-refractivity contribution < 1.29 is 19.1 Å². The Morgan fingerprint density at radius 1 is 1.03 bits per heavy atom. The van der Waals surface area contributed by atoms with Crippen LogP contribution in [0.25, 0.3) is 6.08 Å². The molecular formula is C32H36N2O4S. The number of carbonyl (C=O) groups is 3. The Hall–Kier alpha value is -3.06. The standard InChI is InChI=1S/C32H36N2O4S/c1-3-20-5-8-26(9-6-20)33-29(35)19-34-30(36)28(39-31(34)37)15-24-14-25(7-10-27(24)38-4-2)32-16-21-11-22(17-32)13-23(12-21)18-32/h5-10,14-15,21-23H,3-4,11-13,16-19H2,1-2H3,(H,33,35)/b28-15+. The number of anilines is 1. The summed E-state index contributed by atoms with van der Waals surface area (Å²) in [7, 11) is 0. The Morgan fingerprint density at radius 2 is 1.69 bits per heavy atom. The lowest BCUT2D eigenvalue weighted by molar-refractivity contribution is -0.127. The van der Waals surface area contributed by atoms with E-state index in [9.17, 15) is 14.4 Å². The Kier molecular flexibility index (Phi) is 7.04. The van der Waals surface area contributed by atoms with Gasteiger partial charge < -0.3 is 10.1 Å². The number of hydrogen-bond acceptors (Lipinski definition) is 5. The van der Waals surface area contributed by atoms with Gasteiger partial charge in [0.25, 0.3) is 11.1 Å². The fourth-order valence-corrected chi connectivity index (χ4v) is 8.52. The number of nitrogens with one attached hydrogen (secondary N) is 1. The van der Waals surface area contributed by atoms with Gasteiger partial charge in [-0.2, -0.15) is 0 Å². The third kappa shape index (κ3) is 5.13. The summed E-state index contributed by atoms with van der Waals surface area (Å²) in [6.07, 6.45) is 10.6. The number of hydrogen-bond donors (Lipinski definition) is 1. The first kappa shape index (κ1) is 26.2. The van der Waals surface area contributed by atoms with Crippen LogP contribution in [0.5, 0.6) is 5.75 Å². The molecule has 4 saturated carbocycles. The van der Waals surface area contributed by atoms with E-state index in [1.807, 2.05) is 37.3 Å². The molecule has 0 radical (unpaired) electrons. The van der Waals surface area contributed by atoms with Crippen LogP contribution in [-0.2, 0) is 21.4 Å². The lowest BCUT2D eigenvalue weighted by atomic mass is 9.48. The van der Waals surface area contributed by atoms with Crippen LogP contribution in [0.15, 0.2) is 47.4 Å². The largest absolute Gasteiger partial charge is 0.493 e. The Balaban J connectivity index is 1.22. The second-order valence-electron chi connectivity index (χ2n) is 11.8.